The molecule has 34 heteroatoms. The number of oxime groups is 2. The molecule has 0 aromatic carbocycles. The number of rotatable bonds is 12. The van der Waals surface area contributed by atoms with E-state index in [0.717, 1.165) is 85.7 Å². The molecule has 33 nitrogen and oxygen atoms in total. The zero-order chi connectivity index (χ0) is 74.9. The van der Waals surface area contributed by atoms with Gasteiger partial charge in [0.2, 0.25) is 0 Å². The zero-order valence-electron chi connectivity index (χ0n) is 59.4. The molecule has 6 saturated carbocycles. The molecule has 5 amide bonds. The number of methoxy groups -OCH3 is 1. The van der Waals surface area contributed by atoms with Crippen molar-refractivity contribution in [3.8, 4) is 0 Å². The molecule has 0 aliphatic heterocycles. The fourth-order valence-corrected chi connectivity index (χ4v) is 8.35. The highest BCUT2D eigenvalue weighted by Crippen LogP contribution is 2.51. The molecule has 0 unspecified atom stereocenters. The average molecular weight is 1400 g/mol. The van der Waals surface area contributed by atoms with Crippen molar-refractivity contribution in [1.82, 2.24) is 47.0 Å². The summed E-state index contributed by atoms with van der Waals surface area (Å²) in [5, 5.41) is 48.7. The minimum atomic E-state index is -0.710. The minimum Gasteiger partial charge on any atom is -0.444 e. The maximum Gasteiger partial charge on any atom is 0.410 e. The second kappa shape index (κ2) is 36.0. The van der Waals surface area contributed by atoms with Crippen LogP contribution in [0.4, 0.5) is 24.0 Å². The number of aromatic nitrogens is 3. The summed E-state index contributed by atoms with van der Waals surface area (Å²) in [4.78, 5) is 108. The maximum atomic E-state index is 12.1. The first-order valence-corrected chi connectivity index (χ1v) is 31.1. The molecular weight excluding hydrogens is 1300 g/mol. The van der Waals surface area contributed by atoms with Crippen molar-refractivity contribution in [2.24, 2.45) is 10.3 Å². The van der Waals surface area contributed by atoms with Gasteiger partial charge < -0.3 is 73.7 Å². The largest absolute Gasteiger partial charge is 0.444 e. The highest BCUT2D eigenvalue weighted by Gasteiger charge is 2.54. The number of amides is 5. The molecule has 9 rings (SSSR count). The Morgan fingerprint density at radius 2 is 0.866 bits per heavy atom. The second-order valence-electron chi connectivity index (χ2n) is 28.3. The molecule has 6 aliphatic rings. The number of nitrogens with zero attached hydrogens (tertiary/aromatic N) is 6. The summed E-state index contributed by atoms with van der Waals surface area (Å²) >= 11 is 5.66. The number of ether oxygens (including phenoxy) is 6. The third-order valence-corrected chi connectivity index (χ3v) is 14.2. The van der Waals surface area contributed by atoms with Crippen LogP contribution in [-0.2, 0) is 73.8 Å². The minimum absolute atomic E-state index is 0.00615. The van der Waals surface area contributed by atoms with Crippen molar-refractivity contribution in [3.05, 3.63) is 52.6 Å². The molecule has 3 aromatic heterocycles. The van der Waals surface area contributed by atoms with Gasteiger partial charge in [-0.3, -0.25) is 10.2 Å². The van der Waals surface area contributed by atoms with Crippen molar-refractivity contribution < 1.29 is 105 Å². The van der Waals surface area contributed by atoms with Crippen LogP contribution in [0.15, 0.2) is 42.1 Å². The molecule has 6 aliphatic carbocycles. The average Bonchev–Trinajstić information content (AvgIpc) is 1.60. The topological polar surface area (TPSA) is 450 Å². The summed E-state index contributed by atoms with van der Waals surface area (Å²) < 4.78 is 46.1. The number of carbonyl (C=O) groups excluding carboxylic acids is 11. The van der Waals surface area contributed by atoms with Crippen molar-refractivity contribution in [3.63, 3.8) is 0 Å². The van der Waals surface area contributed by atoms with Crippen LogP contribution in [0.5, 0.6) is 0 Å². The van der Waals surface area contributed by atoms with Crippen molar-refractivity contribution >= 4 is 71.9 Å². The molecule has 0 atom stereocenters. The Kier molecular flexibility index (Phi) is 32.0. The predicted molar refractivity (Wildman–Crippen MR) is 340 cm³/mol. The van der Waals surface area contributed by atoms with E-state index in [0.29, 0.717) is 12.8 Å². The Hall–Kier alpha value is -8.73. The van der Waals surface area contributed by atoms with Crippen molar-refractivity contribution in [2.75, 3.05) is 21.2 Å². The number of hydrogen-bond acceptors (Lipinski definition) is 28. The van der Waals surface area contributed by atoms with Crippen LogP contribution in [0.25, 0.3) is 0 Å². The summed E-state index contributed by atoms with van der Waals surface area (Å²) in [5.41, 5.74) is -2.02. The molecular formula is C63H98ClN11O22. The molecule has 7 N–H and O–H groups in total. The van der Waals surface area contributed by atoms with E-state index in [9.17, 15) is 24.0 Å². The van der Waals surface area contributed by atoms with E-state index in [2.05, 4.69) is 52.4 Å². The number of alkyl carbamates (subject to hydrolysis) is 4. The zero-order valence-corrected chi connectivity index (χ0v) is 60.2. The van der Waals surface area contributed by atoms with Crippen LogP contribution in [0.2, 0.25) is 0 Å². The maximum absolute atomic E-state index is 12.1. The van der Waals surface area contributed by atoms with E-state index in [-0.39, 0.29) is 46.3 Å². The smallest absolute Gasteiger partial charge is 0.410 e. The molecule has 6 fully saturated rings. The number of hydrogen-bond donors (Lipinski definition) is 7. The van der Waals surface area contributed by atoms with Crippen LogP contribution < -0.4 is 26.6 Å². The number of nitrogens with one attached hydrogen (secondary N) is 5. The van der Waals surface area contributed by atoms with Gasteiger partial charge in [-0.2, -0.15) is 28.8 Å². The van der Waals surface area contributed by atoms with E-state index >= 15 is 0 Å². The lowest BCUT2D eigenvalue weighted by Crippen LogP contribution is -2.44. The van der Waals surface area contributed by atoms with Gasteiger partial charge in [0, 0.05) is 32.4 Å². The fourth-order valence-electron chi connectivity index (χ4n) is 8.11. The SMILES string of the molecule is CC(C)(C)OC(=O)NC1(/C(Cl)=N/O)CC1.CC(C)(C)OC(=O)NC1(/C=N/O)CC1.CNC1(c2cc(C)on2)CC1.COC1(NC(=O)OC(C)(C)C)CC1.Cc1cc(C2(N(C)C(=O)OC(C)(C)C)CC2)no1.Cc1cc(C2(NC(=O)OC(C)(C)C)CC2)no1.O=C=O.O=C=O.O=C=O. The number of carbonyl (C=O) groups is 5. The number of aryl methyl sites for hydroxylation is 3. The lowest BCUT2D eigenvalue weighted by molar-refractivity contribution is -0.193. The third-order valence-electron chi connectivity index (χ3n) is 13.7. The monoisotopic (exact) mass is 1400 g/mol. The summed E-state index contributed by atoms with van der Waals surface area (Å²) in [7, 11) is 5.31. The molecule has 0 saturated heterocycles. The second-order valence-corrected chi connectivity index (χ2v) is 28.6. The Morgan fingerprint density at radius 1 is 0.526 bits per heavy atom. The van der Waals surface area contributed by atoms with Crippen LogP contribution in [0, 0.1) is 20.8 Å². The van der Waals surface area contributed by atoms with Gasteiger partial charge in [-0.15, -0.1) is 0 Å². The molecule has 0 spiro atoms. The van der Waals surface area contributed by atoms with Crippen LogP contribution in [0.3, 0.4) is 0 Å². The van der Waals surface area contributed by atoms with Gasteiger partial charge in [0.25, 0.3) is 0 Å². The van der Waals surface area contributed by atoms with Crippen LogP contribution in [0.1, 0.15) is 215 Å². The quantitative estimate of drug-likeness (QED) is 0.0291. The summed E-state index contributed by atoms with van der Waals surface area (Å²) in [6.07, 6.45) is 10.4. The molecule has 0 bridgehead atoms. The third kappa shape index (κ3) is 32.7. The first kappa shape index (κ1) is 86.3. The van der Waals surface area contributed by atoms with E-state index in [1.54, 1.807) is 60.6 Å². The van der Waals surface area contributed by atoms with Crippen LogP contribution >= 0.6 is 11.6 Å². The highest BCUT2D eigenvalue weighted by molar-refractivity contribution is 6.68. The first-order valence-electron chi connectivity index (χ1n) is 30.7. The lowest BCUT2D eigenvalue weighted by atomic mass is 10.1. The lowest BCUT2D eigenvalue weighted by Gasteiger charge is -2.29. The van der Waals surface area contributed by atoms with Gasteiger partial charge in [0.05, 0.1) is 28.4 Å². The van der Waals surface area contributed by atoms with Crippen molar-refractivity contribution in [1.29, 1.82) is 0 Å². The van der Waals surface area contributed by atoms with E-state index in [1.165, 1.54) is 19.1 Å². The van der Waals surface area contributed by atoms with Gasteiger partial charge in [0.15, 0.2) is 5.17 Å². The normalized spacial score (nSPS) is 17.3. The molecule has 544 valence electrons. The Bertz CT molecular complexity index is 3160. The van der Waals surface area contributed by atoms with E-state index in [4.69, 9.17) is 92.8 Å². The van der Waals surface area contributed by atoms with Crippen molar-refractivity contribution in [2.45, 2.75) is 263 Å². The Labute approximate surface area is 569 Å². The van der Waals surface area contributed by atoms with E-state index < -0.39 is 69.2 Å². The summed E-state index contributed by atoms with van der Waals surface area (Å²) in [6, 6.07) is 5.74. The van der Waals surface area contributed by atoms with Gasteiger partial charge in [-0.25, -0.2) is 24.0 Å². The van der Waals surface area contributed by atoms with Gasteiger partial charge in [0.1, 0.15) is 73.6 Å². The molecule has 97 heavy (non-hydrogen) atoms. The van der Waals surface area contributed by atoms with E-state index in [1.807, 2.05) is 108 Å². The Balaban J connectivity index is 0.000000570. The number of halogens is 1. The highest BCUT2D eigenvalue weighted by atomic mass is 35.5. The summed E-state index contributed by atoms with van der Waals surface area (Å²) in [6.45, 7) is 32.9. The van der Waals surface area contributed by atoms with Gasteiger partial charge in [-0.05, 0) is 209 Å². The first-order chi connectivity index (χ1) is 44.6. The standard InChI is InChI=1S/C13H20N2O3.C12H18N2O3.C9H15ClN2O3.C9H16N2O3.C9H17NO3.C8H12N2O.3CO2/c1-9-8-10(14-18-9)13(6-7-13)15(5)11(16)17-12(2,3)4;1-8-7-9(14-17-8)12(5-6-12)13-10(15)16-11(2,3)4;1-8(2,3)15-7(13)11-9(4-5-9)6(10)12-14;1-8(2,3)14-7(12)11-9(4-5-9)6-10-13;1-8(2,3)13-7(11)10-9(12-4)5-6-9;1-6-5-7(10-11-6)8(9-2)3-4-8;3*2-1-3/h8H,6-7H2,1-5H3;7H,5-6H2,1-4H3,(H,13,15);14H,4-5H2,1-3H3,(H,11,13);6,13H,4-5H2,1-3H3,(H,11,12);5-6H2,1-4H3,(H,10,11);5,9H,3-4H2,1-2H3;;;/b;;12-6-;10-6+;;;;;. The summed E-state index contributed by atoms with van der Waals surface area (Å²) in [5.74, 6) is 2.40. The van der Waals surface area contributed by atoms with Gasteiger partial charge >= 0.3 is 48.9 Å². The molecule has 0 radical (unpaired) electrons. The Morgan fingerprint density at radius 3 is 1.13 bits per heavy atom. The fraction of sp³-hybridized carbons (Fsp3) is 0.698. The molecule has 3 heterocycles. The van der Waals surface area contributed by atoms with Gasteiger partial charge in [-0.1, -0.05) is 37.4 Å². The molecule has 3 aromatic rings. The predicted octanol–water partition coefficient (Wildman–Crippen LogP) is 10.00. The van der Waals surface area contributed by atoms with Crippen LogP contribution in [-0.4, -0.2) is 157 Å².